The summed E-state index contributed by atoms with van der Waals surface area (Å²) in [5.41, 5.74) is 4.38. The molecule has 7 nitrogen and oxygen atoms in total. The van der Waals surface area contributed by atoms with Crippen LogP contribution in [0, 0.1) is 13.8 Å². The lowest BCUT2D eigenvalue weighted by Gasteiger charge is -2.42. The Labute approximate surface area is 195 Å². The number of piperazine rings is 1. The molecule has 0 aliphatic carbocycles. The second-order valence-electron chi connectivity index (χ2n) is 9.24. The van der Waals surface area contributed by atoms with Crippen molar-refractivity contribution in [1.82, 2.24) is 10.2 Å². The second kappa shape index (κ2) is 8.82. The molecule has 2 aromatic rings. The Morgan fingerprint density at radius 3 is 2.45 bits per heavy atom. The minimum atomic E-state index is -3.65. The van der Waals surface area contributed by atoms with Gasteiger partial charge in [0.25, 0.3) is 5.91 Å². The van der Waals surface area contributed by atoms with Crippen molar-refractivity contribution in [3.05, 3.63) is 58.7 Å². The van der Waals surface area contributed by atoms with E-state index in [1.165, 1.54) is 17.2 Å². The molecule has 2 aliphatic rings. The van der Waals surface area contributed by atoms with Crippen LogP contribution in [0.5, 0.6) is 0 Å². The molecule has 0 spiro atoms. The average molecular weight is 470 g/mol. The normalized spacial score (nSPS) is 21.3. The van der Waals surface area contributed by atoms with Crippen molar-refractivity contribution in [2.24, 2.45) is 0 Å². The summed E-state index contributed by atoms with van der Waals surface area (Å²) in [7, 11) is -3.65. The fraction of sp³-hybridized carbons (Fsp3) is 0.440. The highest BCUT2D eigenvalue weighted by Gasteiger charge is 2.32. The van der Waals surface area contributed by atoms with E-state index in [2.05, 4.69) is 49.2 Å². The first kappa shape index (κ1) is 23.3. The number of nitrogens with zero attached hydrogens (tertiary/aromatic N) is 2. The molecule has 2 heterocycles. The summed E-state index contributed by atoms with van der Waals surface area (Å²) < 4.78 is 25.2. The van der Waals surface area contributed by atoms with E-state index >= 15 is 0 Å². The zero-order valence-corrected chi connectivity index (χ0v) is 20.4. The summed E-state index contributed by atoms with van der Waals surface area (Å²) >= 11 is 0. The fourth-order valence-corrected chi connectivity index (χ4v) is 5.85. The van der Waals surface area contributed by atoms with Gasteiger partial charge in [-0.15, -0.1) is 0 Å². The first-order chi connectivity index (χ1) is 15.6. The molecule has 1 unspecified atom stereocenters. The highest BCUT2D eigenvalue weighted by molar-refractivity contribution is 7.90. The van der Waals surface area contributed by atoms with Gasteiger partial charge in [-0.3, -0.25) is 9.59 Å². The summed E-state index contributed by atoms with van der Waals surface area (Å²) in [6.07, 6.45) is 1.73. The van der Waals surface area contributed by atoms with E-state index in [0.717, 1.165) is 11.9 Å². The van der Waals surface area contributed by atoms with Crippen LogP contribution in [0.15, 0.2) is 41.3 Å². The molecule has 2 amide bonds. The van der Waals surface area contributed by atoms with Gasteiger partial charge in [0, 0.05) is 44.2 Å². The summed E-state index contributed by atoms with van der Waals surface area (Å²) in [5, 5.41) is 2.78. The van der Waals surface area contributed by atoms with Crippen molar-refractivity contribution in [3.63, 3.8) is 0 Å². The Morgan fingerprint density at radius 1 is 1.09 bits per heavy atom. The number of rotatable bonds is 4. The van der Waals surface area contributed by atoms with Crippen LogP contribution < -0.4 is 10.2 Å². The average Bonchev–Trinajstić information content (AvgIpc) is 3.18. The molecule has 0 radical (unpaired) electrons. The molecule has 0 saturated carbocycles. The maximum Gasteiger partial charge on any atom is 0.255 e. The molecule has 2 saturated heterocycles. The Balaban J connectivity index is 1.58. The van der Waals surface area contributed by atoms with Crippen LogP contribution >= 0.6 is 0 Å². The number of hydrogen-bond donors (Lipinski definition) is 1. The van der Waals surface area contributed by atoms with E-state index in [9.17, 15) is 18.0 Å². The van der Waals surface area contributed by atoms with E-state index in [1.54, 1.807) is 17.0 Å². The van der Waals surface area contributed by atoms with E-state index in [0.29, 0.717) is 38.2 Å². The first-order valence-corrected chi connectivity index (χ1v) is 13.2. The van der Waals surface area contributed by atoms with E-state index in [-0.39, 0.29) is 34.2 Å². The summed E-state index contributed by atoms with van der Waals surface area (Å²) in [5.74, 6) is -0.772. The fourth-order valence-electron chi connectivity index (χ4n) is 4.95. The number of anilines is 1. The lowest BCUT2D eigenvalue weighted by Crippen LogP contribution is -2.54. The number of sulfone groups is 1. The summed E-state index contributed by atoms with van der Waals surface area (Å²) in [6.45, 7) is 8.50. The van der Waals surface area contributed by atoms with E-state index < -0.39 is 9.84 Å². The van der Waals surface area contributed by atoms with Crippen molar-refractivity contribution in [2.45, 2.75) is 44.0 Å². The highest BCUT2D eigenvalue weighted by atomic mass is 32.2. The Hall–Kier alpha value is -2.87. The predicted molar refractivity (Wildman–Crippen MR) is 129 cm³/mol. The van der Waals surface area contributed by atoms with Gasteiger partial charge in [0.15, 0.2) is 9.84 Å². The van der Waals surface area contributed by atoms with Gasteiger partial charge in [-0.1, -0.05) is 23.8 Å². The number of amides is 2. The van der Waals surface area contributed by atoms with Crippen molar-refractivity contribution in [1.29, 1.82) is 0 Å². The van der Waals surface area contributed by atoms with Gasteiger partial charge in [0.2, 0.25) is 5.91 Å². The van der Waals surface area contributed by atoms with Gasteiger partial charge in [-0.05, 0) is 56.5 Å². The molecule has 2 fully saturated rings. The summed E-state index contributed by atoms with van der Waals surface area (Å²) in [6, 6.07) is 11.3. The standard InChI is InChI=1S/C25H31N3O4S/c1-16-5-8-22(17(2)13-16)28-12-11-27(15-18(28)3)25(30)21-7-6-19(14-23(21)33(4,31)32)20-9-10-26-24(20)29/h5-8,13-14,18,20H,9-12,15H2,1-4H3,(H,26,29)/t18-,20?/m1/s1. The number of hydrogen-bond acceptors (Lipinski definition) is 5. The first-order valence-electron chi connectivity index (χ1n) is 11.3. The second-order valence-corrected chi connectivity index (χ2v) is 11.2. The number of benzene rings is 2. The molecule has 8 heteroatoms. The molecule has 2 aromatic carbocycles. The van der Waals surface area contributed by atoms with Gasteiger partial charge in [-0.2, -0.15) is 0 Å². The molecule has 33 heavy (non-hydrogen) atoms. The number of carbonyl (C=O) groups excluding carboxylic acids is 2. The van der Waals surface area contributed by atoms with Crippen molar-refractivity contribution in [2.75, 3.05) is 37.3 Å². The van der Waals surface area contributed by atoms with Crippen LogP contribution in [0.1, 0.15) is 46.3 Å². The van der Waals surface area contributed by atoms with Gasteiger partial charge in [-0.25, -0.2) is 8.42 Å². The van der Waals surface area contributed by atoms with Gasteiger partial charge in [0.1, 0.15) is 0 Å². The van der Waals surface area contributed by atoms with Crippen molar-refractivity contribution >= 4 is 27.3 Å². The SMILES string of the molecule is Cc1ccc(N2CCN(C(=O)c3ccc(C4CCNC4=O)cc3S(C)(=O)=O)C[C@H]2C)c(C)c1. The molecular weight excluding hydrogens is 438 g/mol. The third-order valence-electron chi connectivity index (χ3n) is 6.66. The third-order valence-corrected chi connectivity index (χ3v) is 7.80. The zero-order chi connectivity index (χ0) is 23.9. The largest absolute Gasteiger partial charge is 0.365 e. The molecule has 0 bridgehead atoms. The third kappa shape index (κ3) is 4.62. The quantitative estimate of drug-likeness (QED) is 0.744. The predicted octanol–water partition coefficient (Wildman–Crippen LogP) is 2.66. The van der Waals surface area contributed by atoms with Crippen LogP contribution in [-0.4, -0.2) is 63.6 Å². The summed E-state index contributed by atoms with van der Waals surface area (Å²) in [4.78, 5) is 29.5. The lowest BCUT2D eigenvalue weighted by molar-refractivity contribution is -0.120. The van der Waals surface area contributed by atoms with Gasteiger partial charge in [0.05, 0.1) is 16.4 Å². The van der Waals surface area contributed by atoms with Crippen LogP contribution in [0.25, 0.3) is 0 Å². The van der Waals surface area contributed by atoms with Gasteiger partial charge >= 0.3 is 0 Å². The van der Waals surface area contributed by atoms with E-state index in [4.69, 9.17) is 0 Å². The van der Waals surface area contributed by atoms with Crippen LogP contribution in [0.4, 0.5) is 5.69 Å². The Bertz CT molecular complexity index is 1210. The van der Waals surface area contributed by atoms with Crippen LogP contribution in [0.2, 0.25) is 0 Å². The molecular formula is C25H31N3O4S. The maximum absolute atomic E-state index is 13.4. The molecule has 4 rings (SSSR count). The topological polar surface area (TPSA) is 86.8 Å². The van der Waals surface area contributed by atoms with Gasteiger partial charge < -0.3 is 15.1 Å². The number of nitrogens with one attached hydrogen (secondary N) is 1. The van der Waals surface area contributed by atoms with Crippen LogP contribution in [0.3, 0.4) is 0 Å². The molecule has 176 valence electrons. The number of carbonyl (C=O) groups is 2. The molecule has 1 N–H and O–H groups in total. The number of aryl methyl sites for hydroxylation is 2. The molecule has 2 atom stereocenters. The minimum Gasteiger partial charge on any atom is -0.365 e. The molecule has 2 aliphatic heterocycles. The van der Waals surface area contributed by atoms with Crippen molar-refractivity contribution in [3.8, 4) is 0 Å². The lowest BCUT2D eigenvalue weighted by atomic mass is 9.96. The zero-order valence-electron chi connectivity index (χ0n) is 19.6. The smallest absolute Gasteiger partial charge is 0.255 e. The monoisotopic (exact) mass is 469 g/mol. The maximum atomic E-state index is 13.4. The van der Waals surface area contributed by atoms with E-state index in [1.807, 2.05) is 0 Å². The van der Waals surface area contributed by atoms with Crippen LogP contribution in [-0.2, 0) is 14.6 Å². The Kier molecular flexibility index (Phi) is 6.22. The minimum absolute atomic E-state index is 0.00541. The molecule has 0 aromatic heterocycles. The van der Waals surface area contributed by atoms with Crippen molar-refractivity contribution < 1.29 is 18.0 Å². The Morgan fingerprint density at radius 2 is 1.85 bits per heavy atom. The highest BCUT2D eigenvalue weighted by Crippen LogP contribution is 2.30.